The number of fused-ring (bicyclic) bond motifs is 1. The van der Waals surface area contributed by atoms with Crippen molar-refractivity contribution in [3.05, 3.63) is 70.6 Å². The molecule has 1 aromatic heterocycles. The third-order valence-corrected chi connectivity index (χ3v) is 5.55. The van der Waals surface area contributed by atoms with Gasteiger partial charge < -0.3 is 9.64 Å². The van der Waals surface area contributed by atoms with Gasteiger partial charge in [-0.3, -0.25) is 9.59 Å². The summed E-state index contributed by atoms with van der Waals surface area (Å²) in [7, 11) is 0. The van der Waals surface area contributed by atoms with Crippen LogP contribution < -0.4 is 5.56 Å². The van der Waals surface area contributed by atoms with Crippen LogP contribution in [0.2, 0.25) is 0 Å². The molecular formula is C24H25N3O4. The van der Waals surface area contributed by atoms with Crippen molar-refractivity contribution in [2.24, 2.45) is 11.8 Å². The van der Waals surface area contributed by atoms with Crippen LogP contribution in [0.5, 0.6) is 0 Å². The Hall–Kier alpha value is -3.48. The second kappa shape index (κ2) is 8.71. The van der Waals surface area contributed by atoms with E-state index in [1.807, 2.05) is 6.07 Å². The van der Waals surface area contributed by atoms with E-state index in [9.17, 15) is 14.4 Å². The summed E-state index contributed by atoms with van der Waals surface area (Å²) in [5.74, 6) is -0.105. The largest absolute Gasteiger partial charge is 0.451 e. The SMILES string of the molecule is C[C@@H]1C[C@@H](C)CN(C(=O)COC(=O)c2nn(-c3ccccc3)c(=O)c3ccccc23)C1. The van der Waals surface area contributed by atoms with Crippen LogP contribution in [0.15, 0.2) is 59.4 Å². The van der Waals surface area contributed by atoms with E-state index in [2.05, 4.69) is 18.9 Å². The predicted octanol–water partition coefficient (Wildman–Crippen LogP) is 3.05. The molecule has 0 saturated carbocycles. The normalized spacial score (nSPS) is 18.7. The quantitative estimate of drug-likeness (QED) is 0.607. The maximum Gasteiger partial charge on any atom is 0.359 e. The first-order chi connectivity index (χ1) is 14.9. The van der Waals surface area contributed by atoms with Crippen LogP contribution in [0, 0.1) is 11.8 Å². The molecule has 0 radical (unpaired) electrons. The first-order valence-corrected chi connectivity index (χ1v) is 10.5. The lowest BCUT2D eigenvalue weighted by Gasteiger charge is -2.34. The highest BCUT2D eigenvalue weighted by Crippen LogP contribution is 2.21. The zero-order valence-corrected chi connectivity index (χ0v) is 17.7. The van der Waals surface area contributed by atoms with Gasteiger partial charge in [0.1, 0.15) is 0 Å². The third-order valence-electron chi connectivity index (χ3n) is 5.55. The highest BCUT2D eigenvalue weighted by atomic mass is 16.5. The van der Waals surface area contributed by atoms with Gasteiger partial charge in [0.05, 0.1) is 11.1 Å². The average molecular weight is 419 g/mol. The zero-order chi connectivity index (χ0) is 22.0. The molecule has 2 heterocycles. The molecule has 31 heavy (non-hydrogen) atoms. The number of esters is 1. The van der Waals surface area contributed by atoms with Gasteiger partial charge in [-0.25, -0.2) is 4.79 Å². The predicted molar refractivity (Wildman–Crippen MR) is 117 cm³/mol. The molecular weight excluding hydrogens is 394 g/mol. The minimum atomic E-state index is -0.729. The Balaban J connectivity index is 1.61. The van der Waals surface area contributed by atoms with Gasteiger partial charge in [0.15, 0.2) is 12.3 Å². The summed E-state index contributed by atoms with van der Waals surface area (Å²) in [6.45, 7) is 5.22. The van der Waals surface area contributed by atoms with Crippen molar-refractivity contribution < 1.29 is 14.3 Å². The van der Waals surface area contributed by atoms with Gasteiger partial charge in [0.2, 0.25) is 0 Å². The summed E-state index contributed by atoms with van der Waals surface area (Å²) >= 11 is 0. The Labute approximate surface area is 180 Å². The molecule has 1 amide bonds. The lowest BCUT2D eigenvalue weighted by Crippen LogP contribution is -2.44. The number of rotatable bonds is 4. The molecule has 4 rings (SSSR count). The number of carbonyl (C=O) groups excluding carboxylic acids is 2. The van der Waals surface area contributed by atoms with Crippen LogP contribution in [-0.4, -0.2) is 46.3 Å². The summed E-state index contributed by atoms with van der Waals surface area (Å²) in [6, 6.07) is 15.7. The van der Waals surface area contributed by atoms with Crippen LogP contribution in [-0.2, 0) is 9.53 Å². The van der Waals surface area contributed by atoms with Crippen molar-refractivity contribution in [1.29, 1.82) is 0 Å². The Morgan fingerprint density at radius 1 is 0.968 bits per heavy atom. The third kappa shape index (κ3) is 4.35. The van der Waals surface area contributed by atoms with E-state index in [1.165, 1.54) is 4.68 Å². The number of benzene rings is 2. The van der Waals surface area contributed by atoms with Crippen LogP contribution in [0.25, 0.3) is 16.5 Å². The van der Waals surface area contributed by atoms with Crippen molar-refractivity contribution in [2.75, 3.05) is 19.7 Å². The molecule has 3 aromatic rings. The van der Waals surface area contributed by atoms with Gasteiger partial charge >= 0.3 is 5.97 Å². The summed E-state index contributed by atoms with van der Waals surface area (Å²) in [5, 5.41) is 5.05. The fourth-order valence-corrected chi connectivity index (χ4v) is 4.24. The van der Waals surface area contributed by atoms with E-state index in [-0.39, 0.29) is 23.8 Å². The average Bonchev–Trinajstić information content (AvgIpc) is 2.77. The number of amides is 1. The van der Waals surface area contributed by atoms with Gasteiger partial charge in [0.25, 0.3) is 11.5 Å². The molecule has 0 unspecified atom stereocenters. The fourth-order valence-electron chi connectivity index (χ4n) is 4.24. The molecule has 160 valence electrons. The minimum absolute atomic E-state index is 0.00670. The van der Waals surface area contributed by atoms with E-state index in [4.69, 9.17) is 4.74 Å². The van der Waals surface area contributed by atoms with Crippen molar-refractivity contribution in [3.8, 4) is 5.69 Å². The standard InChI is InChI=1S/C24H25N3O4/c1-16-12-17(2)14-26(13-16)21(28)15-31-24(30)22-19-10-6-7-11-20(19)23(29)27(25-22)18-8-4-3-5-9-18/h3-11,16-17H,12-15H2,1-2H3/t16-,17-/m1/s1. The van der Waals surface area contributed by atoms with E-state index >= 15 is 0 Å². The molecule has 1 saturated heterocycles. The lowest BCUT2D eigenvalue weighted by atomic mass is 9.92. The number of carbonyl (C=O) groups is 2. The van der Waals surface area contributed by atoms with Crippen LogP contribution >= 0.6 is 0 Å². The zero-order valence-electron chi connectivity index (χ0n) is 17.7. The van der Waals surface area contributed by atoms with Crippen molar-refractivity contribution in [2.45, 2.75) is 20.3 Å². The Bertz CT molecular complexity index is 1160. The van der Waals surface area contributed by atoms with Gasteiger partial charge in [-0.15, -0.1) is 0 Å². The van der Waals surface area contributed by atoms with Gasteiger partial charge in [-0.05, 0) is 36.5 Å². The Morgan fingerprint density at radius 3 is 2.26 bits per heavy atom. The number of hydrogen-bond donors (Lipinski definition) is 0. The molecule has 2 aromatic carbocycles. The second-order valence-corrected chi connectivity index (χ2v) is 8.27. The van der Waals surface area contributed by atoms with E-state index in [0.717, 1.165) is 6.42 Å². The number of piperidine rings is 1. The van der Waals surface area contributed by atoms with Crippen LogP contribution in [0.4, 0.5) is 0 Å². The molecule has 0 bridgehead atoms. The second-order valence-electron chi connectivity index (χ2n) is 8.27. The maximum absolute atomic E-state index is 12.9. The maximum atomic E-state index is 12.9. The van der Waals surface area contributed by atoms with E-state index < -0.39 is 5.97 Å². The Morgan fingerprint density at radius 2 is 1.58 bits per heavy atom. The van der Waals surface area contributed by atoms with Crippen LogP contribution in [0.1, 0.15) is 30.8 Å². The molecule has 7 heteroatoms. The number of nitrogens with zero attached hydrogens (tertiary/aromatic N) is 3. The summed E-state index contributed by atoms with van der Waals surface area (Å²) in [5.41, 5.74) is 0.220. The minimum Gasteiger partial charge on any atom is -0.451 e. The number of para-hydroxylation sites is 1. The first kappa shape index (κ1) is 20.8. The molecule has 2 atom stereocenters. The molecule has 1 aliphatic heterocycles. The number of ether oxygens (including phenoxy) is 1. The van der Waals surface area contributed by atoms with Crippen molar-refractivity contribution >= 4 is 22.6 Å². The van der Waals surface area contributed by atoms with Crippen molar-refractivity contribution in [1.82, 2.24) is 14.7 Å². The first-order valence-electron chi connectivity index (χ1n) is 10.5. The lowest BCUT2D eigenvalue weighted by molar-refractivity contribution is -0.137. The number of likely N-dealkylation sites (tertiary alicyclic amines) is 1. The molecule has 1 aliphatic rings. The van der Waals surface area contributed by atoms with Gasteiger partial charge in [0, 0.05) is 18.5 Å². The molecule has 0 spiro atoms. The van der Waals surface area contributed by atoms with Crippen LogP contribution in [0.3, 0.4) is 0 Å². The summed E-state index contributed by atoms with van der Waals surface area (Å²) in [4.78, 5) is 40.2. The topological polar surface area (TPSA) is 81.5 Å². The number of aromatic nitrogens is 2. The molecule has 0 N–H and O–H groups in total. The highest BCUT2D eigenvalue weighted by Gasteiger charge is 2.27. The fraction of sp³-hybridized carbons (Fsp3) is 0.333. The monoisotopic (exact) mass is 419 g/mol. The molecule has 7 nitrogen and oxygen atoms in total. The molecule has 0 aliphatic carbocycles. The number of hydrogen-bond acceptors (Lipinski definition) is 5. The van der Waals surface area contributed by atoms with Crippen molar-refractivity contribution in [3.63, 3.8) is 0 Å². The van der Waals surface area contributed by atoms with Gasteiger partial charge in [-0.2, -0.15) is 9.78 Å². The van der Waals surface area contributed by atoms with E-state index in [0.29, 0.717) is 41.4 Å². The van der Waals surface area contributed by atoms with Gasteiger partial charge in [-0.1, -0.05) is 50.2 Å². The molecule has 1 fully saturated rings. The summed E-state index contributed by atoms with van der Waals surface area (Å²) in [6.07, 6.45) is 1.08. The Kier molecular flexibility index (Phi) is 5.84. The van der Waals surface area contributed by atoms with E-state index in [1.54, 1.807) is 53.4 Å². The summed E-state index contributed by atoms with van der Waals surface area (Å²) < 4.78 is 6.53. The smallest absolute Gasteiger partial charge is 0.359 e. The highest BCUT2D eigenvalue weighted by molar-refractivity contribution is 6.02.